The van der Waals surface area contributed by atoms with Crippen LogP contribution < -0.4 is 10.6 Å². The van der Waals surface area contributed by atoms with E-state index in [4.69, 9.17) is 9.72 Å². The van der Waals surface area contributed by atoms with Gasteiger partial charge in [0.25, 0.3) is 5.91 Å². The molecule has 6 nitrogen and oxygen atoms in total. The van der Waals surface area contributed by atoms with Gasteiger partial charge in [-0.25, -0.2) is 4.98 Å². The largest absolute Gasteiger partial charge is 0.368 e. The minimum absolute atomic E-state index is 0.0809. The Bertz CT molecular complexity index is 956. The van der Waals surface area contributed by atoms with E-state index in [1.165, 1.54) is 0 Å². The summed E-state index contributed by atoms with van der Waals surface area (Å²) in [5.74, 6) is -0.0809. The number of imidazole rings is 1. The highest BCUT2D eigenvalue weighted by atomic mass is 16.5. The van der Waals surface area contributed by atoms with Gasteiger partial charge in [0.1, 0.15) is 11.2 Å². The molecule has 140 valence electrons. The Morgan fingerprint density at radius 2 is 1.96 bits per heavy atom. The average Bonchev–Trinajstić information content (AvgIpc) is 3.15. The van der Waals surface area contributed by atoms with Crippen LogP contribution in [0.2, 0.25) is 0 Å². The first-order chi connectivity index (χ1) is 13.1. The minimum Gasteiger partial charge on any atom is -0.368 e. The maximum atomic E-state index is 12.8. The Morgan fingerprint density at radius 3 is 2.63 bits per heavy atom. The van der Waals surface area contributed by atoms with Crippen molar-refractivity contribution in [3.63, 3.8) is 0 Å². The fourth-order valence-electron chi connectivity index (χ4n) is 3.62. The summed E-state index contributed by atoms with van der Waals surface area (Å²) in [6, 6.07) is 11.8. The number of nitrogens with one attached hydrogen (secondary N) is 2. The minimum atomic E-state index is -0.747. The number of methoxy groups -OCH3 is 1. The molecular formula is C21H24N4O2. The molecule has 3 heterocycles. The van der Waals surface area contributed by atoms with E-state index in [9.17, 15) is 4.79 Å². The maximum Gasteiger partial charge on any atom is 0.256 e. The highest BCUT2D eigenvalue weighted by Gasteiger charge is 2.39. The second kappa shape index (κ2) is 7.13. The Labute approximate surface area is 158 Å². The van der Waals surface area contributed by atoms with Crippen LogP contribution in [-0.4, -0.2) is 41.1 Å². The fourth-order valence-corrected chi connectivity index (χ4v) is 3.62. The molecule has 2 N–H and O–H groups in total. The van der Waals surface area contributed by atoms with Crippen molar-refractivity contribution in [1.82, 2.24) is 14.7 Å². The summed E-state index contributed by atoms with van der Waals surface area (Å²) < 4.78 is 7.61. The molecule has 0 aliphatic carbocycles. The molecule has 4 rings (SSSR count). The lowest BCUT2D eigenvalue weighted by Crippen LogP contribution is -2.51. The molecule has 0 unspecified atom stereocenters. The van der Waals surface area contributed by atoms with Gasteiger partial charge in [0.15, 0.2) is 0 Å². The number of rotatable bonds is 4. The van der Waals surface area contributed by atoms with Crippen LogP contribution in [0.1, 0.15) is 18.4 Å². The van der Waals surface area contributed by atoms with Crippen molar-refractivity contribution < 1.29 is 9.53 Å². The highest BCUT2D eigenvalue weighted by Crippen LogP contribution is 2.26. The third-order valence-electron chi connectivity index (χ3n) is 5.33. The van der Waals surface area contributed by atoms with E-state index in [2.05, 4.69) is 23.6 Å². The van der Waals surface area contributed by atoms with E-state index in [1.54, 1.807) is 7.11 Å². The van der Waals surface area contributed by atoms with Crippen molar-refractivity contribution in [2.45, 2.75) is 25.4 Å². The number of aryl methyl sites for hydroxylation is 1. The Balaban J connectivity index is 1.53. The smallest absolute Gasteiger partial charge is 0.256 e. The van der Waals surface area contributed by atoms with Crippen LogP contribution in [-0.2, 0) is 9.53 Å². The second-order valence-electron chi connectivity index (χ2n) is 7.03. The summed E-state index contributed by atoms with van der Waals surface area (Å²) in [5, 5.41) is 6.26. The van der Waals surface area contributed by atoms with Crippen LogP contribution in [0.3, 0.4) is 0 Å². The molecule has 1 aliphatic rings. The van der Waals surface area contributed by atoms with Gasteiger partial charge < -0.3 is 19.8 Å². The van der Waals surface area contributed by atoms with Crippen LogP contribution in [0.15, 0.2) is 48.8 Å². The Hall–Kier alpha value is -2.70. The van der Waals surface area contributed by atoms with Crippen LogP contribution in [0.25, 0.3) is 16.9 Å². The number of ether oxygens (including phenoxy) is 1. The van der Waals surface area contributed by atoms with Crippen LogP contribution in [0.4, 0.5) is 5.69 Å². The quantitative estimate of drug-likeness (QED) is 0.747. The number of amides is 1. The number of hydrogen-bond acceptors (Lipinski definition) is 4. The van der Waals surface area contributed by atoms with Crippen molar-refractivity contribution in [2.24, 2.45) is 0 Å². The number of anilines is 1. The molecule has 6 heteroatoms. The predicted molar refractivity (Wildman–Crippen MR) is 106 cm³/mol. The first-order valence-corrected chi connectivity index (χ1v) is 9.23. The summed E-state index contributed by atoms with van der Waals surface area (Å²) in [6.07, 6.45) is 5.36. The maximum absolute atomic E-state index is 12.8. The predicted octanol–water partition coefficient (Wildman–Crippen LogP) is 3.02. The number of carbonyl (C=O) groups excluding carboxylic acids is 1. The third-order valence-corrected chi connectivity index (χ3v) is 5.33. The normalized spacial score (nSPS) is 16.4. The van der Waals surface area contributed by atoms with Crippen molar-refractivity contribution in [2.75, 3.05) is 25.5 Å². The monoisotopic (exact) mass is 364 g/mol. The van der Waals surface area contributed by atoms with Gasteiger partial charge in [0.2, 0.25) is 0 Å². The van der Waals surface area contributed by atoms with Gasteiger partial charge in [0.05, 0.1) is 5.69 Å². The van der Waals surface area contributed by atoms with Gasteiger partial charge in [-0.2, -0.15) is 0 Å². The van der Waals surface area contributed by atoms with Gasteiger partial charge in [-0.1, -0.05) is 18.2 Å². The standard InChI is InChI=1S/C21H24N4O2/c1-15-4-3-13-25-14-18(24-19(15)25)16-5-7-17(8-6-16)23-20(26)21(27-2)9-11-22-12-10-21/h3-8,13-14,22H,9-12H2,1-2H3,(H,23,26). The molecule has 2 aromatic heterocycles. The van der Waals surface area contributed by atoms with Crippen LogP contribution in [0, 0.1) is 6.92 Å². The summed E-state index contributed by atoms with van der Waals surface area (Å²) in [4.78, 5) is 17.5. The van der Waals surface area contributed by atoms with Crippen LogP contribution in [0.5, 0.6) is 0 Å². The summed E-state index contributed by atoms with van der Waals surface area (Å²) in [7, 11) is 1.61. The van der Waals surface area contributed by atoms with Crippen molar-refractivity contribution >= 4 is 17.2 Å². The number of benzene rings is 1. The molecule has 0 saturated carbocycles. The van der Waals surface area contributed by atoms with E-state index < -0.39 is 5.60 Å². The number of carbonyl (C=O) groups is 1. The molecule has 0 atom stereocenters. The summed E-state index contributed by atoms with van der Waals surface area (Å²) in [6.45, 7) is 3.62. The van der Waals surface area contributed by atoms with E-state index in [1.807, 2.05) is 47.1 Å². The zero-order chi connectivity index (χ0) is 18.9. The van der Waals surface area contributed by atoms with Crippen molar-refractivity contribution in [3.8, 4) is 11.3 Å². The van der Waals surface area contributed by atoms with E-state index in [0.29, 0.717) is 12.8 Å². The number of fused-ring (bicyclic) bond motifs is 1. The van der Waals surface area contributed by atoms with Gasteiger partial charge in [-0.3, -0.25) is 4.79 Å². The fraction of sp³-hybridized carbons (Fsp3) is 0.333. The molecule has 1 amide bonds. The van der Waals surface area contributed by atoms with Crippen LogP contribution >= 0.6 is 0 Å². The molecule has 3 aromatic rings. The van der Waals surface area contributed by atoms with Gasteiger partial charge in [-0.15, -0.1) is 0 Å². The van der Waals surface area contributed by atoms with Gasteiger partial charge >= 0.3 is 0 Å². The topological polar surface area (TPSA) is 67.7 Å². The molecule has 1 fully saturated rings. The SMILES string of the molecule is COC1(C(=O)Nc2ccc(-c3cn4cccc(C)c4n3)cc2)CCNCC1. The second-order valence-corrected chi connectivity index (χ2v) is 7.03. The van der Waals surface area contributed by atoms with Crippen molar-refractivity contribution in [3.05, 3.63) is 54.4 Å². The van der Waals surface area contributed by atoms with Gasteiger partial charge in [0, 0.05) is 30.8 Å². The average molecular weight is 364 g/mol. The summed E-state index contributed by atoms with van der Waals surface area (Å²) in [5.41, 5.74) is 4.03. The van der Waals surface area contributed by atoms with Crippen molar-refractivity contribution in [1.29, 1.82) is 0 Å². The van der Waals surface area contributed by atoms with Gasteiger partial charge in [-0.05, 0) is 56.6 Å². The first kappa shape index (κ1) is 17.7. The molecular weight excluding hydrogens is 340 g/mol. The lowest BCUT2D eigenvalue weighted by Gasteiger charge is -2.34. The molecule has 0 bridgehead atoms. The zero-order valence-electron chi connectivity index (χ0n) is 15.7. The molecule has 1 aromatic carbocycles. The number of pyridine rings is 1. The highest BCUT2D eigenvalue weighted by molar-refractivity contribution is 5.97. The molecule has 1 saturated heterocycles. The lowest BCUT2D eigenvalue weighted by atomic mass is 9.91. The molecule has 27 heavy (non-hydrogen) atoms. The number of nitrogens with zero attached hydrogens (tertiary/aromatic N) is 2. The van der Waals surface area contributed by atoms with E-state index in [-0.39, 0.29) is 5.91 Å². The number of piperidine rings is 1. The molecule has 0 spiro atoms. The molecule has 1 aliphatic heterocycles. The number of hydrogen-bond donors (Lipinski definition) is 2. The number of aromatic nitrogens is 2. The third kappa shape index (κ3) is 3.34. The lowest BCUT2D eigenvalue weighted by molar-refractivity contribution is -0.140. The van der Waals surface area contributed by atoms with E-state index in [0.717, 1.165) is 41.2 Å². The first-order valence-electron chi connectivity index (χ1n) is 9.23. The Morgan fingerprint density at radius 1 is 1.22 bits per heavy atom. The Kier molecular flexibility index (Phi) is 4.68. The van der Waals surface area contributed by atoms with E-state index >= 15 is 0 Å². The molecule has 0 radical (unpaired) electrons. The zero-order valence-corrected chi connectivity index (χ0v) is 15.7. The summed E-state index contributed by atoms with van der Waals surface area (Å²) >= 11 is 0.